The minimum atomic E-state index is -1.21. The third-order valence-corrected chi connectivity index (χ3v) is 7.31. The van der Waals surface area contributed by atoms with Crippen molar-refractivity contribution in [3.8, 4) is 0 Å². The molecule has 3 heterocycles. The van der Waals surface area contributed by atoms with E-state index in [1.165, 1.54) is 37.5 Å². The smallest absolute Gasteiger partial charge is 0.167 e. The normalized spacial score (nSPS) is 26.7. The maximum Gasteiger partial charge on any atom is 0.167 e. The Kier molecular flexibility index (Phi) is 6.99. The van der Waals surface area contributed by atoms with Crippen molar-refractivity contribution in [1.29, 1.82) is 0 Å². The number of benzene rings is 1. The van der Waals surface area contributed by atoms with E-state index in [1.54, 1.807) is 4.57 Å². The standard InChI is InChI=1S/C24H30ClN5O4/c25-16-8-6-14(7-9-16)10-17(15-4-2-1-3-5-15)29-22-19-23(27-12-26-22)30(13-28-19)24-21(33)20(32)18(11-31)34-24/h6-9,12-13,15,17-18,20-21,24,31-33H,1-5,10-11H2,(H,26,27,29)/t17?,18-,20-,21-,24-/m1/s1. The van der Waals surface area contributed by atoms with Crippen LogP contribution in [0.15, 0.2) is 36.9 Å². The van der Waals surface area contributed by atoms with Crippen LogP contribution >= 0.6 is 11.6 Å². The quantitative estimate of drug-likeness (QED) is 0.401. The molecule has 0 radical (unpaired) electrons. The number of ether oxygens (including phenoxy) is 1. The van der Waals surface area contributed by atoms with E-state index in [0.717, 1.165) is 24.3 Å². The SMILES string of the molecule is OC[C@H]1O[C@@H](n2cnc3c(NC(Cc4ccc(Cl)cc4)C4CCCCC4)ncnc32)[C@H](O)[C@@H]1O. The lowest BCUT2D eigenvalue weighted by atomic mass is 9.81. The third kappa shape index (κ3) is 4.63. The molecule has 10 heteroatoms. The predicted octanol–water partition coefficient (Wildman–Crippen LogP) is 2.69. The number of rotatable bonds is 7. The number of aromatic nitrogens is 4. The Balaban J connectivity index is 1.43. The number of fused-ring (bicyclic) bond motifs is 1. The second-order valence-corrected chi connectivity index (χ2v) is 9.69. The average molecular weight is 488 g/mol. The van der Waals surface area contributed by atoms with Crippen molar-refractivity contribution in [3.63, 3.8) is 0 Å². The highest BCUT2D eigenvalue weighted by atomic mass is 35.5. The zero-order valence-electron chi connectivity index (χ0n) is 18.8. The Labute approximate surface area is 202 Å². The molecule has 1 aliphatic carbocycles. The number of hydrogen-bond donors (Lipinski definition) is 4. The van der Waals surface area contributed by atoms with Crippen LogP contribution in [0.2, 0.25) is 5.02 Å². The lowest BCUT2D eigenvalue weighted by molar-refractivity contribution is -0.0511. The van der Waals surface area contributed by atoms with Crippen LogP contribution in [0.4, 0.5) is 5.82 Å². The van der Waals surface area contributed by atoms with Gasteiger partial charge in [0.15, 0.2) is 23.2 Å². The summed E-state index contributed by atoms with van der Waals surface area (Å²) < 4.78 is 7.26. The lowest BCUT2D eigenvalue weighted by Crippen LogP contribution is -2.33. The maximum atomic E-state index is 10.5. The number of nitrogens with zero attached hydrogens (tertiary/aromatic N) is 4. The van der Waals surface area contributed by atoms with Gasteiger partial charge in [-0.3, -0.25) is 4.57 Å². The summed E-state index contributed by atoms with van der Waals surface area (Å²) in [5.41, 5.74) is 2.26. The van der Waals surface area contributed by atoms with E-state index in [9.17, 15) is 15.3 Å². The molecule has 0 amide bonds. The highest BCUT2D eigenvalue weighted by Crippen LogP contribution is 2.34. The molecule has 1 saturated heterocycles. The van der Waals surface area contributed by atoms with Crippen LogP contribution in [0.1, 0.15) is 43.9 Å². The Morgan fingerprint density at radius 3 is 2.53 bits per heavy atom. The Morgan fingerprint density at radius 1 is 1.06 bits per heavy atom. The zero-order chi connectivity index (χ0) is 23.7. The summed E-state index contributed by atoms with van der Waals surface area (Å²) in [6, 6.07) is 8.12. The molecule has 1 aliphatic heterocycles. The lowest BCUT2D eigenvalue weighted by Gasteiger charge is -2.31. The predicted molar refractivity (Wildman–Crippen MR) is 127 cm³/mol. The van der Waals surface area contributed by atoms with E-state index in [-0.39, 0.29) is 6.04 Å². The number of imidazole rings is 1. The van der Waals surface area contributed by atoms with Gasteiger partial charge >= 0.3 is 0 Å². The first-order valence-electron chi connectivity index (χ1n) is 11.9. The topological polar surface area (TPSA) is 126 Å². The highest BCUT2D eigenvalue weighted by molar-refractivity contribution is 6.30. The van der Waals surface area contributed by atoms with Crippen molar-refractivity contribution in [1.82, 2.24) is 19.5 Å². The van der Waals surface area contributed by atoms with Crippen LogP contribution in [0.5, 0.6) is 0 Å². The molecule has 2 aromatic heterocycles. The Bertz CT molecular complexity index is 1100. The summed E-state index contributed by atoms with van der Waals surface area (Å²) in [5.74, 6) is 1.14. The molecule has 182 valence electrons. The fourth-order valence-electron chi connectivity index (χ4n) is 5.18. The highest BCUT2D eigenvalue weighted by Gasteiger charge is 2.44. The minimum Gasteiger partial charge on any atom is -0.394 e. The Morgan fingerprint density at radius 2 is 1.82 bits per heavy atom. The molecule has 9 nitrogen and oxygen atoms in total. The molecule has 0 bridgehead atoms. The van der Waals surface area contributed by atoms with Crippen LogP contribution in [0, 0.1) is 5.92 Å². The van der Waals surface area contributed by atoms with E-state index >= 15 is 0 Å². The summed E-state index contributed by atoms with van der Waals surface area (Å²) in [4.78, 5) is 13.4. The fraction of sp³-hybridized carbons (Fsp3) is 0.542. The van der Waals surface area contributed by atoms with Gasteiger partial charge in [-0.25, -0.2) is 15.0 Å². The molecule has 1 aromatic carbocycles. The average Bonchev–Trinajstić information content (AvgIpc) is 3.42. The fourth-order valence-corrected chi connectivity index (χ4v) is 5.30. The number of hydrogen-bond acceptors (Lipinski definition) is 8. The van der Waals surface area contributed by atoms with E-state index in [2.05, 4.69) is 32.4 Å². The first-order valence-corrected chi connectivity index (χ1v) is 12.2. The van der Waals surface area contributed by atoms with Gasteiger partial charge in [0.2, 0.25) is 0 Å². The summed E-state index contributed by atoms with van der Waals surface area (Å²) in [6.07, 6.45) is 5.71. The van der Waals surface area contributed by atoms with E-state index in [0.29, 0.717) is 22.9 Å². The summed E-state index contributed by atoms with van der Waals surface area (Å²) in [7, 11) is 0. The van der Waals surface area contributed by atoms with Crippen LogP contribution in [0.3, 0.4) is 0 Å². The molecular weight excluding hydrogens is 458 g/mol. The van der Waals surface area contributed by atoms with Gasteiger partial charge in [0.1, 0.15) is 24.6 Å². The van der Waals surface area contributed by atoms with Gasteiger partial charge in [0.05, 0.1) is 12.9 Å². The molecular formula is C24H30ClN5O4. The minimum absolute atomic E-state index is 0.165. The maximum absolute atomic E-state index is 10.5. The van der Waals surface area contributed by atoms with Gasteiger partial charge in [-0.15, -0.1) is 0 Å². The van der Waals surface area contributed by atoms with Gasteiger partial charge in [0.25, 0.3) is 0 Å². The van der Waals surface area contributed by atoms with Gasteiger partial charge < -0.3 is 25.4 Å². The molecule has 0 spiro atoms. The number of aliphatic hydroxyl groups is 3. The van der Waals surface area contributed by atoms with E-state index < -0.39 is 31.1 Å². The second kappa shape index (κ2) is 10.1. The molecule has 5 atom stereocenters. The number of aliphatic hydroxyl groups excluding tert-OH is 3. The number of nitrogens with one attached hydrogen (secondary N) is 1. The van der Waals surface area contributed by atoms with Crippen LogP contribution in [-0.4, -0.2) is 65.8 Å². The first-order chi connectivity index (χ1) is 16.5. The van der Waals surface area contributed by atoms with Crippen molar-refractivity contribution >= 4 is 28.6 Å². The van der Waals surface area contributed by atoms with Crippen molar-refractivity contribution < 1.29 is 20.1 Å². The zero-order valence-corrected chi connectivity index (χ0v) is 19.6. The Hall–Kier alpha value is -2.30. The molecule has 3 aromatic rings. The summed E-state index contributed by atoms with van der Waals surface area (Å²) in [5, 5.41) is 34.4. The third-order valence-electron chi connectivity index (χ3n) is 7.06. The van der Waals surface area contributed by atoms with Crippen LogP contribution < -0.4 is 5.32 Å². The molecule has 2 fully saturated rings. The first kappa shape index (κ1) is 23.4. The van der Waals surface area contributed by atoms with Gasteiger partial charge in [0, 0.05) is 11.1 Å². The molecule has 1 saturated carbocycles. The van der Waals surface area contributed by atoms with E-state index in [1.807, 2.05) is 12.1 Å². The van der Waals surface area contributed by atoms with E-state index in [4.69, 9.17) is 16.3 Å². The second-order valence-electron chi connectivity index (χ2n) is 9.25. The van der Waals surface area contributed by atoms with Crippen molar-refractivity contribution in [2.24, 2.45) is 5.92 Å². The van der Waals surface area contributed by atoms with Crippen LogP contribution in [0.25, 0.3) is 11.2 Å². The summed E-state index contributed by atoms with van der Waals surface area (Å²) in [6.45, 7) is -0.392. The van der Waals surface area contributed by atoms with Crippen LogP contribution in [-0.2, 0) is 11.2 Å². The molecule has 1 unspecified atom stereocenters. The van der Waals surface area contributed by atoms with Gasteiger partial charge in [-0.1, -0.05) is 43.0 Å². The van der Waals surface area contributed by atoms with Gasteiger partial charge in [-0.2, -0.15) is 0 Å². The molecule has 5 rings (SSSR count). The van der Waals surface area contributed by atoms with Gasteiger partial charge in [-0.05, 0) is 42.9 Å². The number of anilines is 1. The number of halogens is 1. The largest absolute Gasteiger partial charge is 0.394 e. The van der Waals surface area contributed by atoms with Crippen molar-refractivity contribution in [2.75, 3.05) is 11.9 Å². The van der Waals surface area contributed by atoms with Crippen molar-refractivity contribution in [3.05, 3.63) is 47.5 Å². The molecule has 2 aliphatic rings. The summed E-state index contributed by atoms with van der Waals surface area (Å²) >= 11 is 6.09. The van der Waals surface area contributed by atoms with Crippen molar-refractivity contribution in [2.45, 2.75) is 69.1 Å². The molecule has 34 heavy (non-hydrogen) atoms. The molecule has 4 N–H and O–H groups in total. The monoisotopic (exact) mass is 487 g/mol.